The summed E-state index contributed by atoms with van der Waals surface area (Å²) in [5, 5.41) is 4.55. The van der Waals surface area contributed by atoms with Crippen molar-refractivity contribution in [2.75, 3.05) is 20.1 Å². The van der Waals surface area contributed by atoms with E-state index < -0.39 is 0 Å². The Bertz CT molecular complexity index is 385. The van der Waals surface area contributed by atoms with E-state index in [2.05, 4.69) is 57.9 Å². The number of nitrogens with zero attached hydrogens (tertiary/aromatic N) is 3. The van der Waals surface area contributed by atoms with Crippen molar-refractivity contribution < 1.29 is 0 Å². The Balaban J connectivity index is 0.00000324. The molecule has 1 aromatic rings. The molecule has 0 unspecified atom stereocenters. The number of rotatable bonds is 6. The van der Waals surface area contributed by atoms with Crippen LogP contribution in [0.1, 0.15) is 45.0 Å². The van der Waals surface area contributed by atoms with Gasteiger partial charge in [0.05, 0.1) is 5.69 Å². The molecule has 1 aromatic heterocycles. The lowest BCUT2D eigenvalue weighted by molar-refractivity contribution is 0.209. The molecule has 0 atom stereocenters. The summed E-state index contributed by atoms with van der Waals surface area (Å²) in [4.78, 5) is 2.32. The minimum absolute atomic E-state index is 0. The van der Waals surface area contributed by atoms with E-state index in [1.54, 1.807) is 0 Å². The Morgan fingerprint density at radius 3 is 2.42 bits per heavy atom. The second-order valence-corrected chi connectivity index (χ2v) is 6.35. The molecule has 0 fully saturated rings. The first-order valence-electron chi connectivity index (χ1n) is 6.68. The summed E-state index contributed by atoms with van der Waals surface area (Å²) in [6, 6.07) is 0.420. The summed E-state index contributed by atoms with van der Waals surface area (Å²) in [6.07, 6.45) is 2.16. The maximum atomic E-state index is 5.78. The van der Waals surface area contributed by atoms with Crippen molar-refractivity contribution in [2.45, 2.75) is 47.2 Å². The molecule has 0 saturated carbocycles. The second-order valence-electron chi connectivity index (χ2n) is 6.35. The first kappa shape index (κ1) is 18.4. The molecule has 0 aliphatic carbocycles. The molecule has 0 saturated heterocycles. The zero-order valence-corrected chi connectivity index (χ0v) is 13.9. The van der Waals surface area contributed by atoms with Gasteiger partial charge in [-0.1, -0.05) is 13.8 Å². The maximum absolute atomic E-state index is 5.78. The van der Waals surface area contributed by atoms with Crippen LogP contribution in [0.3, 0.4) is 0 Å². The minimum Gasteiger partial charge on any atom is -0.330 e. The van der Waals surface area contributed by atoms with Crippen molar-refractivity contribution in [3.05, 3.63) is 17.5 Å². The summed E-state index contributed by atoms with van der Waals surface area (Å²) >= 11 is 0. The van der Waals surface area contributed by atoms with Gasteiger partial charge in [0.2, 0.25) is 0 Å². The molecule has 0 spiro atoms. The topological polar surface area (TPSA) is 47.1 Å². The van der Waals surface area contributed by atoms with E-state index in [1.165, 1.54) is 5.56 Å². The van der Waals surface area contributed by atoms with Gasteiger partial charge < -0.3 is 10.6 Å². The van der Waals surface area contributed by atoms with Crippen molar-refractivity contribution in [1.82, 2.24) is 14.7 Å². The van der Waals surface area contributed by atoms with Gasteiger partial charge in [0.1, 0.15) is 0 Å². The highest BCUT2D eigenvalue weighted by atomic mass is 35.5. The fraction of sp³-hybridized carbons (Fsp3) is 0.786. The van der Waals surface area contributed by atoms with Crippen LogP contribution in [0.2, 0.25) is 0 Å². The summed E-state index contributed by atoms with van der Waals surface area (Å²) in [7, 11) is 2.14. The SMILES string of the molecule is Cc1nn(C(C)C)cc1CN(C)CC(C)(C)CN.Cl. The molecule has 0 radical (unpaired) electrons. The number of nitrogens with two attached hydrogens (primary N) is 1. The third-order valence-electron chi connectivity index (χ3n) is 3.24. The van der Waals surface area contributed by atoms with Gasteiger partial charge in [-0.05, 0) is 39.8 Å². The quantitative estimate of drug-likeness (QED) is 0.875. The van der Waals surface area contributed by atoms with Crippen molar-refractivity contribution >= 4 is 12.4 Å². The lowest BCUT2D eigenvalue weighted by atomic mass is 9.93. The van der Waals surface area contributed by atoms with Gasteiger partial charge in [-0.15, -0.1) is 12.4 Å². The fourth-order valence-electron chi connectivity index (χ4n) is 2.08. The molecule has 5 heteroatoms. The minimum atomic E-state index is 0. The molecule has 0 amide bonds. The fourth-order valence-corrected chi connectivity index (χ4v) is 2.08. The Labute approximate surface area is 123 Å². The predicted molar refractivity (Wildman–Crippen MR) is 83.8 cm³/mol. The smallest absolute Gasteiger partial charge is 0.0638 e. The van der Waals surface area contributed by atoms with Crippen LogP contribution in [0.25, 0.3) is 0 Å². The molecule has 0 aromatic carbocycles. The van der Waals surface area contributed by atoms with Crippen LogP contribution in [0.5, 0.6) is 0 Å². The van der Waals surface area contributed by atoms with Crippen LogP contribution < -0.4 is 5.73 Å². The lowest BCUT2D eigenvalue weighted by Gasteiger charge is -2.28. The summed E-state index contributed by atoms with van der Waals surface area (Å²) in [5.41, 5.74) is 8.37. The Morgan fingerprint density at radius 1 is 1.42 bits per heavy atom. The van der Waals surface area contributed by atoms with Gasteiger partial charge in [0.15, 0.2) is 0 Å². The van der Waals surface area contributed by atoms with Crippen molar-refractivity contribution in [3.63, 3.8) is 0 Å². The highest BCUT2D eigenvalue weighted by molar-refractivity contribution is 5.85. The lowest BCUT2D eigenvalue weighted by Crippen LogP contribution is -2.36. The van der Waals surface area contributed by atoms with Crippen LogP contribution in [0, 0.1) is 12.3 Å². The van der Waals surface area contributed by atoms with Crippen LogP contribution in [-0.4, -0.2) is 34.8 Å². The van der Waals surface area contributed by atoms with Crippen LogP contribution in [0.4, 0.5) is 0 Å². The number of aromatic nitrogens is 2. The zero-order valence-electron chi connectivity index (χ0n) is 13.1. The van der Waals surface area contributed by atoms with E-state index in [9.17, 15) is 0 Å². The van der Waals surface area contributed by atoms with Gasteiger partial charge in [0, 0.05) is 30.9 Å². The molecule has 1 rings (SSSR count). The monoisotopic (exact) mass is 288 g/mol. The molecule has 2 N–H and O–H groups in total. The third kappa shape index (κ3) is 5.51. The molecule has 4 nitrogen and oxygen atoms in total. The zero-order chi connectivity index (χ0) is 13.9. The summed E-state index contributed by atoms with van der Waals surface area (Å²) in [5.74, 6) is 0. The number of aryl methyl sites for hydroxylation is 1. The summed E-state index contributed by atoms with van der Waals surface area (Å²) in [6.45, 7) is 13.4. The highest BCUT2D eigenvalue weighted by Gasteiger charge is 2.19. The first-order chi connectivity index (χ1) is 8.25. The molecule has 0 bridgehead atoms. The van der Waals surface area contributed by atoms with Gasteiger partial charge in [-0.25, -0.2) is 0 Å². The van der Waals surface area contributed by atoms with E-state index in [1.807, 2.05) is 4.68 Å². The molecule has 1 heterocycles. The normalized spacial score (nSPS) is 12.1. The Kier molecular flexibility index (Phi) is 7.05. The van der Waals surface area contributed by atoms with E-state index in [4.69, 9.17) is 5.73 Å². The van der Waals surface area contributed by atoms with E-state index in [-0.39, 0.29) is 17.8 Å². The molecule has 0 aliphatic heterocycles. The van der Waals surface area contributed by atoms with Crippen molar-refractivity contribution in [1.29, 1.82) is 0 Å². The number of hydrogen-bond acceptors (Lipinski definition) is 3. The standard InChI is InChI=1S/C14H28N4.ClH/c1-11(2)18-8-13(12(3)16-18)7-17(6)10-14(4,5)9-15;/h8,11H,7,9-10,15H2,1-6H3;1H. The largest absolute Gasteiger partial charge is 0.330 e. The summed E-state index contributed by atoms with van der Waals surface area (Å²) < 4.78 is 2.03. The Hall–Kier alpha value is -0.580. The van der Waals surface area contributed by atoms with Gasteiger partial charge in [0.25, 0.3) is 0 Å². The maximum Gasteiger partial charge on any atom is 0.0638 e. The van der Waals surface area contributed by atoms with Gasteiger partial charge in [-0.3, -0.25) is 4.68 Å². The average Bonchev–Trinajstić information content (AvgIpc) is 2.59. The number of halogens is 1. The second kappa shape index (κ2) is 7.27. The molecular weight excluding hydrogens is 260 g/mol. The van der Waals surface area contributed by atoms with Crippen molar-refractivity contribution in [3.8, 4) is 0 Å². The first-order valence-corrected chi connectivity index (χ1v) is 6.68. The van der Waals surface area contributed by atoms with Crippen LogP contribution in [-0.2, 0) is 6.54 Å². The van der Waals surface area contributed by atoms with Crippen LogP contribution >= 0.6 is 12.4 Å². The predicted octanol–water partition coefficient (Wildman–Crippen LogP) is 2.61. The van der Waals surface area contributed by atoms with Gasteiger partial charge in [-0.2, -0.15) is 5.10 Å². The third-order valence-corrected chi connectivity index (χ3v) is 3.24. The highest BCUT2D eigenvalue weighted by Crippen LogP contribution is 2.17. The van der Waals surface area contributed by atoms with E-state index >= 15 is 0 Å². The van der Waals surface area contributed by atoms with E-state index in [0.29, 0.717) is 12.6 Å². The van der Waals surface area contributed by atoms with Crippen molar-refractivity contribution in [2.24, 2.45) is 11.1 Å². The van der Waals surface area contributed by atoms with E-state index in [0.717, 1.165) is 18.8 Å². The number of hydrogen-bond donors (Lipinski definition) is 1. The molecule has 112 valence electrons. The Morgan fingerprint density at radius 2 is 2.00 bits per heavy atom. The molecule has 19 heavy (non-hydrogen) atoms. The van der Waals surface area contributed by atoms with Crippen LogP contribution in [0.15, 0.2) is 6.20 Å². The molecular formula is C14H29ClN4. The van der Waals surface area contributed by atoms with Gasteiger partial charge >= 0.3 is 0 Å². The molecule has 0 aliphatic rings. The average molecular weight is 289 g/mol.